The van der Waals surface area contributed by atoms with Crippen LogP contribution in [0.4, 0.5) is 13.2 Å². The van der Waals surface area contributed by atoms with Gasteiger partial charge < -0.3 is 5.11 Å². The zero-order chi connectivity index (χ0) is 26.2. The molecule has 0 saturated carbocycles. The molecular weight excluding hydrogens is 543 g/mol. The van der Waals surface area contributed by atoms with Crippen LogP contribution in [0.1, 0.15) is 24.1 Å². The van der Waals surface area contributed by atoms with E-state index in [2.05, 4.69) is 21.0 Å². The highest BCUT2D eigenvalue weighted by Gasteiger charge is 2.31. The predicted molar refractivity (Wildman–Crippen MR) is 128 cm³/mol. The van der Waals surface area contributed by atoms with Gasteiger partial charge in [0.1, 0.15) is 0 Å². The number of hydrogen-bond donors (Lipinski definition) is 1. The van der Waals surface area contributed by atoms with Gasteiger partial charge in [0.15, 0.2) is 0 Å². The molecular formula is C24H17BrF3N5O3. The molecule has 12 heteroatoms. The smallest absolute Gasteiger partial charge is 0.394 e. The Hall–Kier alpha value is -3.95. The first-order chi connectivity index (χ1) is 17.1. The molecule has 0 fully saturated rings. The summed E-state index contributed by atoms with van der Waals surface area (Å²) < 4.78 is 43.5. The first-order valence-electron chi connectivity index (χ1n) is 10.5. The summed E-state index contributed by atoms with van der Waals surface area (Å²) in [5, 5.41) is 23.0. The number of benzene rings is 2. The van der Waals surface area contributed by atoms with Crippen LogP contribution in [-0.2, 0) is 6.18 Å². The molecule has 1 unspecified atom stereocenters. The molecule has 4 aromatic rings. The topological polar surface area (TPSA) is 106 Å². The molecule has 0 amide bonds. The van der Waals surface area contributed by atoms with Crippen LogP contribution in [0.15, 0.2) is 75.0 Å². The van der Waals surface area contributed by atoms with Crippen molar-refractivity contribution >= 4 is 15.9 Å². The molecule has 8 nitrogen and oxygen atoms in total. The van der Waals surface area contributed by atoms with Crippen molar-refractivity contribution in [3.05, 3.63) is 97.4 Å². The average Bonchev–Trinajstić information content (AvgIpc) is 3.24. The highest BCUT2D eigenvalue weighted by atomic mass is 79.9. The SMILES string of the molecule is CC(CO)n1c(=O)c(-c2c(Br)cnn2-c2ccc(C#N)cc2)cn(-c2cccc(C(F)(F)F)c2)c1=O. The van der Waals surface area contributed by atoms with Crippen molar-refractivity contribution in [2.24, 2.45) is 0 Å². The van der Waals surface area contributed by atoms with Crippen molar-refractivity contribution in [1.29, 1.82) is 5.26 Å². The summed E-state index contributed by atoms with van der Waals surface area (Å²) in [6.45, 7) is 0.882. The maximum absolute atomic E-state index is 13.5. The van der Waals surface area contributed by atoms with Gasteiger partial charge in [0.2, 0.25) is 0 Å². The number of aliphatic hydroxyl groups excluding tert-OH is 1. The summed E-state index contributed by atoms with van der Waals surface area (Å²) in [5.41, 5.74) is -1.69. The first kappa shape index (κ1) is 25.2. The van der Waals surface area contributed by atoms with Gasteiger partial charge in [-0.05, 0) is 65.3 Å². The predicted octanol–water partition coefficient (Wildman–Crippen LogP) is 4.06. The lowest BCUT2D eigenvalue weighted by Crippen LogP contribution is -2.42. The number of nitrogens with zero attached hydrogens (tertiary/aromatic N) is 5. The van der Waals surface area contributed by atoms with E-state index in [4.69, 9.17) is 5.26 Å². The fourth-order valence-corrected chi connectivity index (χ4v) is 4.14. The largest absolute Gasteiger partial charge is 0.416 e. The second kappa shape index (κ2) is 9.60. The third-order valence-electron chi connectivity index (χ3n) is 5.50. The highest BCUT2D eigenvalue weighted by molar-refractivity contribution is 9.10. The molecule has 1 N–H and O–H groups in total. The average molecular weight is 560 g/mol. The van der Waals surface area contributed by atoms with Gasteiger partial charge in [0.05, 0.1) is 63.1 Å². The van der Waals surface area contributed by atoms with Crippen LogP contribution in [0.25, 0.3) is 22.6 Å². The van der Waals surface area contributed by atoms with Crippen molar-refractivity contribution in [3.8, 4) is 28.7 Å². The normalized spacial score (nSPS) is 12.4. The van der Waals surface area contributed by atoms with Crippen LogP contribution in [0, 0.1) is 11.3 Å². The lowest BCUT2D eigenvalue weighted by molar-refractivity contribution is -0.137. The van der Waals surface area contributed by atoms with Gasteiger partial charge in [-0.25, -0.2) is 9.48 Å². The van der Waals surface area contributed by atoms with E-state index in [1.165, 1.54) is 23.9 Å². The van der Waals surface area contributed by atoms with E-state index in [1.54, 1.807) is 24.3 Å². The second-order valence-electron chi connectivity index (χ2n) is 7.86. The summed E-state index contributed by atoms with van der Waals surface area (Å²) in [7, 11) is 0. The molecule has 2 heterocycles. The third-order valence-corrected chi connectivity index (χ3v) is 6.08. The Bertz CT molecular complexity index is 1600. The number of aromatic nitrogens is 4. The number of hydrogen-bond acceptors (Lipinski definition) is 5. The molecule has 2 aromatic carbocycles. The van der Waals surface area contributed by atoms with E-state index in [-0.39, 0.29) is 16.9 Å². The highest BCUT2D eigenvalue weighted by Crippen LogP contribution is 2.31. The molecule has 0 aliphatic heterocycles. The number of aliphatic hydroxyl groups is 1. The van der Waals surface area contributed by atoms with Gasteiger partial charge in [-0.1, -0.05) is 6.07 Å². The molecule has 0 spiro atoms. The second-order valence-corrected chi connectivity index (χ2v) is 8.72. The summed E-state index contributed by atoms with van der Waals surface area (Å²) in [6, 6.07) is 11.5. The standard InChI is InChI=1S/C24H17BrF3N5O3/c1-14(13-34)32-22(35)19(12-31(23(32)36)18-4-2-3-16(9-18)24(26,27)28)21-20(25)11-30-33(21)17-7-5-15(10-29)6-8-17/h2-9,11-12,14,34H,13H2,1H3. The van der Waals surface area contributed by atoms with Gasteiger partial charge in [0, 0.05) is 6.20 Å². The third kappa shape index (κ3) is 4.50. The van der Waals surface area contributed by atoms with Crippen molar-refractivity contribution in [2.45, 2.75) is 19.1 Å². The van der Waals surface area contributed by atoms with E-state index in [9.17, 15) is 27.9 Å². The minimum absolute atomic E-state index is 0.0546. The van der Waals surface area contributed by atoms with E-state index in [0.717, 1.165) is 33.5 Å². The molecule has 184 valence electrons. The Labute approximate surface area is 210 Å². The van der Waals surface area contributed by atoms with Crippen LogP contribution in [0.2, 0.25) is 0 Å². The quantitative estimate of drug-likeness (QED) is 0.397. The summed E-state index contributed by atoms with van der Waals surface area (Å²) in [4.78, 5) is 26.7. The van der Waals surface area contributed by atoms with Gasteiger partial charge in [0.25, 0.3) is 5.56 Å². The lowest BCUT2D eigenvalue weighted by Gasteiger charge is -2.18. The molecule has 36 heavy (non-hydrogen) atoms. The van der Waals surface area contributed by atoms with Crippen LogP contribution in [0.5, 0.6) is 0 Å². The number of halogens is 4. The number of alkyl halides is 3. The maximum atomic E-state index is 13.5. The minimum Gasteiger partial charge on any atom is -0.394 e. The number of nitriles is 1. The summed E-state index contributed by atoms with van der Waals surface area (Å²) >= 11 is 3.36. The molecule has 0 aliphatic rings. The van der Waals surface area contributed by atoms with Crippen molar-refractivity contribution in [3.63, 3.8) is 0 Å². The van der Waals surface area contributed by atoms with E-state index in [1.807, 2.05) is 6.07 Å². The molecule has 2 aromatic heterocycles. The van der Waals surface area contributed by atoms with Gasteiger partial charge >= 0.3 is 11.9 Å². The molecule has 0 aliphatic carbocycles. The van der Waals surface area contributed by atoms with Gasteiger partial charge in [-0.3, -0.25) is 13.9 Å². The molecule has 0 bridgehead atoms. The Kier molecular flexibility index (Phi) is 6.71. The van der Waals surface area contributed by atoms with E-state index >= 15 is 0 Å². The van der Waals surface area contributed by atoms with Crippen LogP contribution >= 0.6 is 15.9 Å². The molecule has 0 saturated heterocycles. The zero-order valence-corrected chi connectivity index (χ0v) is 20.2. The fourth-order valence-electron chi connectivity index (χ4n) is 3.67. The lowest BCUT2D eigenvalue weighted by atomic mass is 10.1. The van der Waals surface area contributed by atoms with Crippen LogP contribution in [-0.4, -0.2) is 30.6 Å². The Morgan fingerprint density at radius 1 is 1.14 bits per heavy atom. The molecule has 1 atom stereocenters. The van der Waals surface area contributed by atoms with Crippen molar-refractivity contribution in [1.82, 2.24) is 18.9 Å². The Morgan fingerprint density at radius 2 is 1.83 bits per heavy atom. The number of rotatable bonds is 5. The van der Waals surface area contributed by atoms with Crippen LogP contribution in [0.3, 0.4) is 0 Å². The van der Waals surface area contributed by atoms with Crippen molar-refractivity contribution < 1.29 is 18.3 Å². The van der Waals surface area contributed by atoms with E-state index < -0.39 is 35.6 Å². The summed E-state index contributed by atoms with van der Waals surface area (Å²) in [6.07, 6.45) is -2.07. The summed E-state index contributed by atoms with van der Waals surface area (Å²) in [5.74, 6) is 0. The van der Waals surface area contributed by atoms with E-state index in [0.29, 0.717) is 15.7 Å². The van der Waals surface area contributed by atoms with Gasteiger partial charge in [-0.15, -0.1) is 0 Å². The van der Waals surface area contributed by atoms with Crippen LogP contribution < -0.4 is 11.2 Å². The maximum Gasteiger partial charge on any atom is 0.416 e. The minimum atomic E-state index is -4.65. The fraction of sp³-hybridized carbons (Fsp3) is 0.167. The van der Waals surface area contributed by atoms with Crippen molar-refractivity contribution in [2.75, 3.05) is 6.61 Å². The first-order valence-corrected chi connectivity index (χ1v) is 11.3. The zero-order valence-electron chi connectivity index (χ0n) is 18.6. The van der Waals surface area contributed by atoms with Gasteiger partial charge in [-0.2, -0.15) is 23.5 Å². The Balaban J connectivity index is 2.03. The molecule has 0 radical (unpaired) electrons. The molecule has 4 rings (SSSR count). The monoisotopic (exact) mass is 559 g/mol. The Morgan fingerprint density at radius 3 is 2.44 bits per heavy atom.